The van der Waals surface area contributed by atoms with E-state index in [-0.39, 0.29) is 18.7 Å². The molecule has 0 atom stereocenters. The number of aromatic nitrogens is 4. The fourth-order valence-corrected chi connectivity index (χ4v) is 4.21. The first-order valence-corrected chi connectivity index (χ1v) is 11.9. The fourth-order valence-electron chi connectivity index (χ4n) is 4.09. The molecule has 10 heteroatoms. The molecule has 0 fully saturated rings. The van der Waals surface area contributed by atoms with Crippen LogP contribution in [0.25, 0.3) is 10.9 Å². The third kappa shape index (κ3) is 5.06. The predicted molar refractivity (Wildman–Crippen MR) is 138 cm³/mol. The molecule has 36 heavy (non-hydrogen) atoms. The van der Waals surface area contributed by atoms with E-state index in [0.717, 1.165) is 27.6 Å². The first-order chi connectivity index (χ1) is 17.1. The summed E-state index contributed by atoms with van der Waals surface area (Å²) < 4.78 is 9.33. The molecule has 4 aromatic rings. The van der Waals surface area contributed by atoms with Gasteiger partial charge in [0.2, 0.25) is 5.62 Å². The summed E-state index contributed by atoms with van der Waals surface area (Å²) in [6, 6.07) is 14.7. The van der Waals surface area contributed by atoms with Crippen LogP contribution in [-0.4, -0.2) is 31.8 Å². The average molecular weight is 510 g/mol. The third-order valence-corrected chi connectivity index (χ3v) is 6.31. The van der Waals surface area contributed by atoms with Gasteiger partial charge in [-0.25, -0.2) is 19.1 Å². The van der Waals surface area contributed by atoms with Gasteiger partial charge in [-0.1, -0.05) is 23.7 Å². The van der Waals surface area contributed by atoms with Crippen molar-refractivity contribution in [2.45, 2.75) is 40.4 Å². The van der Waals surface area contributed by atoms with E-state index in [1.54, 1.807) is 38.1 Å². The number of rotatable bonds is 7. The molecular weight excluding hydrogens is 482 g/mol. The number of hydrogen-bond donors (Lipinski definition) is 1. The molecule has 0 amide bonds. The zero-order valence-electron chi connectivity index (χ0n) is 20.6. The van der Waals surface area contributed by atoms with Gasteiger partial charge in [0.25, 0.3) is 0 Å². The lowest BCUT2D eigenvalue weighted by Crippen LogP contribution is -2.52. The van der Waals surface area contributed by atoms with Crippen molar-refractivity contribution < 1.29 is 9.53 Å². The number of carbonyl (C=O) groups is 1. The average Bonchev–Trinajstić information content (AvgIpc) is 3.27. The smallest absolute Gasteiger partial charge is 0.335 e. The summed E-state index contributed by atoms with van der Waals surface area (Å²) in [6.07, 6.45) is 2.00. The maximum absolute atomic E-state index is 13.6. The van der Waals surface area contributed by atoms with E-state index in [1.165, 1.54) is 11.7 Å². The highest BCUT2D eigenvalue weighted by Crippen LogP contribution is 2.22. The Kier molecular flexibility index (Phi) is 7.03. The van der Waals surface area contributed by atoms with Crippen LogP contribution in [-0.2, 0) is 29.2 Å². The van der Waals surface area contributed by atoms with Crippen molar-refractivity contribution in [2.75, 3.05) is 7.11 Å². The summed E-state index contributed by atoms with van der Waals surface area (Å²) in [4.78, 5) is 46.1. The van der Waals surface area contributed by atoms with Crippen LogP contribution in [0.15, 0.2) is 69.3 Å². The van der Waals surface area contributed by atoms with Crippen LogP contribution in [0.2, 0.25) is 5.02 Å². The molecule has 0 radical (unpaired) electrons. The minimum Gasteiger partial charge on any atom is -0.469 e. The topological polar surface area (TPSA) is 103 Å². The highest BCUT2D eigenvalue weighted by Gasteiger charge is 2.31. The number of hydrogen-bond acceptors (Lipinski definition) is 5. The van der Waals surface area contributed by atoms with Gasteiger partial charge in [-0.3, -0.25) is 14.3 Å². The predicted octanol–water partition coefficient (Wildman–Crippen LogP) is 3.45. The Morgan fingerprint density at radius 3 is 2.47 bits per heavy atom. The van der Waals surface area contributed by atoms with Gasteiger partial charge in [-0.05, 0) is 62.7 Å². The quantitative estimate of drug-likeness (QED) is 0.385. The zero-order valence-corrected chi connectivity index (χ0v) is 21.4. The first kappa shape index (κ1) is 25.2. The van der Waals surface area contributed by atoms with Gasteiger partial charge in [0.1, 0.15) is 0 Å². The molecule has 0 saturated heterocycles. The van der Waals surface area contributed by atoms with Gasteiger partial charge in [-0.15, -0.1) is 0 Å². The van der Waals surface area contributed by atoms with Crippen molar-refractivity contribution >= 4 is 34.2 Å². The van der Waals surface area contributed by atoms with Crippen LogP contribution in [0.5, 0.6) is 0 Å². The van der Waals surface area contributed by atoms with Crippen molar-refractivity contribution in [3.63, 3.8) is 0 Å². The number of esters is 1. The van der Waals surface area contributed by atoms with E-state index in [0.29, 0.717) is 10.7 Å². The second kappa shape index (κ2) is 10.0. The lowest BCUT2D eigenvalue weighted by Gasteiger charge is -2.22. The van der Waals surface area contributed by atoms with Crippen molar-refractivity contribution in [3.05, 3.63) is 91.9 Å². The molecule has 0 spiro atoms. The number of halogens is 1. The van der Waals surface area contributed by atoms with E-state index < -0.39 is 22.8 Å². The first-order valence-electron chi connectivity index (χ1n) is 11.5. The second-order valence-electron chi connectivity index (χ2n) is 9.17. The van der Waals surface area contributed by atoms with E-state index in [1.807, 2.05) is 30.5 Å². The highest BCUT2D eigenvalue weighted by atomic mass is 35.5. The minimum absolute atomic E-state index is 0.0985. The number of aryl methyl sites for hydroxylation is 1. The fraction of sp³-hybridized carbons (Fsp3) is 0.308. The Morgan fingerprint density at radius 2 is 1.81 bits per heavy atom. The molecule has 0 saturated carbocycles. The number of H-pyrrole nitrogens is 1. The molecule has 2 aromatic carbocycles. The summed E-state index contributed by atoms with van der Waals surface area (Å²) in [5.74, 6) is -0.529. The summed E-state index contributed by atoms with van der Waals surface area (Å²) in [5, 5.41) is 1.57. The molecule has 0 aliphatic rings. The number of benzene rings is 2. The minimum atomic E-state index is -1.10. The summed E-state index contributed by atoms with van der Waals surface area (Å²) in [6.45, 7) is 6.12. The molecular formula is C26H28ClN5O4. The lowest BCUT2D eigenvalue weighted by molar-refractivity contribution is -0.151. The number of nitrogens with one attached hydrogen (secondary N) is 1. The van der Waals surface area contributed by atoms with E-state index in [2.05, 4.69) is 21.5 Å². The Labute approximate surface area is 212 Å². The molecule has 2 aromatic heterocycles. The van der Waals surface area contributed by atoms with Crippen molar-refractivity contribution in [1.82, 2.24) is 18.7 Å². The SMILES string of the molecule is CCn1ccc2cc(/N=c3\[nH]c(=O)n(CC(C)(C)C(=O)OC)c(=O)n3Cc3ccc(Cl)cc3)ccc21. The molecule has 0 unspecified atom stereocenters. The number of carbonyl (C=O) groups excluding carboxylic acids is 1. The lowest BCUT2D eigenvalue weighted by atomic mass is 9.94. The molecule has 9 nitrogen and oxygen atoms in total. The number of aromatic amines is 1. The van der Waals surface area contributed by atoms with E-state index >= 15 is 0 Å². The van der Waals surface area contributed by atoms with Gasteiger partial charge in [0, 0.05) is 35.2 Å². The number of nitrogens with zero attached hydrogens (tertiary/aromatic N) is 4. The van der Waals surface area contributed by atoms with Crippen molar-refractivity contribution in [2.24, 2.45) is 10.4 Å². The summed E-state index contributed by atoms with van der Waals surface area (Å²) >= 11 is 6.02. The monoisotopic (exact) mass is 509 g/mol. The zero-order chi connectivity index (χ0) is 26.0. The van der Waals surface area contributed by atoms with Crippen molar-refractivity contribution in [1.29, 1.82) is 0 Å². The van der Waals surface area contributed by atoms with Crippen LogP contribution in [0, 0.1) is 5.41 Å². The number of methoxy groups -OCH3 is 1. The summed E-state index contributed by atoms with van der Waals surface area (Å²) in [7, 11) is 1.27. The van der Waals surface area contributed by atoms with Gasteiger partial charge in [-0.2, -0.15) is 0 Å². The Morgan fingerprint density at radius 1 is 1.08 bits per heavy atom. The number of ether oxygens (including phenoxy) is 1. The molecule has 2 heterocycles. The normalized spacial score (nSPS) is 12.3. The molecule has 1 N–H and O–H groups in total. The van der Waals surface area contributed by atoms with Crippen LogP contribution in [0.3, 0.4) is 0 Å². The third-order valence-electron chi connectivity index (χ3n) is 6.06. The van der Waals surface area contributed by atoms with E-state index in [4.69, 9.17) is 16.3 Å². The highest BCUT2D eigenvalue weighted by molar-refractivity contribution is 6.30. The van der Waals surface area contributed by atoms with Gasteiger partial charge >= 0.3 is 17.3 Å². The second-order valence-corrected chi connectivity index (χ2v) is 9.60. The van der Waals surface area contributed by atoms with Crippen LogP contribution < -0.4 is 17.0 Å². The molecule has 4 rings (SSSR count). The Balaban J connectivity index is 1.88. The summed E-state index contributed by atoms with van der Waals surface area (Å²) in [5.41, 5.74) is 0.188. The Hall–Kier alpha value is -3.85. The van der Waals surface area contributed by atoms with E-state index in [9.17, 15) is 14.4 Å². The maximum atomic E-state index is 13.6. The van der Waals surface area contributed by atoms with Gasteiger partial charge < -0.3 is 9.30 Å². The van der Waals surface area contributed by atoms with Crippen molar-refractivity contribution in [3.8, 4) is 0 Å². The van der Waals surface area contributed by atoms with Crippen LogP contribution >= 0.6 is 11.6 Å². The standard InChI is InChI=1S/C26H28ClN5O4/c1-5-30-13-12-18-14-20(10-11-21(18)30)28-23-29-24(34)32(16-26(2,3)22(33)36-4)25(35)31(23)15-17-6-8-19(27)9-7-17/h6-14H,5,15-16H2,1-4H3,(H,28,29,34). The Bertz CT molecular complexity index is 1610. The van der Waals surface area contributed by atoms with Crippen LogP contribution in [0.4, 0.5) is 5.69 Å². The molecule has 0 bridgehead atoms. The van der Waals surface area contributed by atoms with Crippen LogP contribution in [0.1, 0.15) is 26.3 Å². The number of fused-ring (bicyclic) bond motifs is 1. The van der Waals surface area contributed by atoms with Gasteiger partial charge in [0.15, 0.2) is 0 Å². The molecule has 188 valence electrons. The maximum Gasteiger partial charge on any atom is 0.335 e. The molecule has 0 aliphatic heterocycles. The molecule has 0 aliphatic carbocycles. The van der Waals surface area contributed by atoms with Gasteiger partial charge in [0.05, 0.1) is 24.8 Å². The largest absolute Gasteiger partial charge is 0.469 e.